The van der Waals surface area contributed by atoms with Gasteiger partial charge in [-0.3, -0.25) is 14.5 Å². The zero-order chi connectivity index (χ0) is 38.1. The number of nitrogens with zero attached hydrogens (tertiary/aromatic N) is 3. The number of hydrogen-bond acceptors (Lipinski definition) is 10. The van der Waals surface area contributed by atoms with E-state index in [4.69, 9.17) is 26.1 Å². The molecule has 2 aliphatic carbocycles. The fourth-order valence-corrected chi connectivity index (χ4v) is 11.1. The van der Waals surface area contributed by atoms with Gasteiger partial charge in [-0.1, -0.05) is 37.1 Å². The Hall–Kier alpha value is -3.03. The molecule has 3 fully saturated rings. The summed E-state index contributed by atoms with van der Waals surface area (Å²) in [5.74, 6) is -0.0160. The van der Waals surface area contributed by atoms with Gasteiger partial charge in [0, 0.05) is 62.2 Å². The molecule has 1 aromatic heterocycles. The summed E-state index contributed by atoms with van der Waals surface area (Å²) in [4.78, 5) is 35.6. The van der Waals surface area contributed by atoms with Crippen LogP contribution in [0.2, 0.25) is 5.02 Å². The number of halogens is 1. The van der Waals surface area contributed by atoms with E-state index >= 15 is 0 Å². The van der Waals surface area contributed by atoms with Crippen LogP contribution in [0.3, 0.4) is 0 Å². The number of aldehydes is 1. The fraction of sp³-hybridized carbons (Fsp3) is 0.634. The number of anilines is 1. The molecule has 1 amide bonds. The van der Waals surface area contributed by atoms with Gasteiger partial charge in [-0.25, -0.2) is 18.1 Å². The molecule has 2 saturated heterocycles. The average molecular weight is 782 g/mol. The third-order valence-corrected chi connectivity index (χ3v) is 15.4. The first-order chi connectivity index (χ1) is 26.0. The lowest BCUT2D eigenvalue weighted by Crippen LogP contribution is -2.54. The van der Waals surface area contributed by atoms with Crippen molar-refractivity contribution >= 4 is 39.6 Å². The second kappa shape index (κ2) is 16.2. The van der Waals surface area contributed by atoms with Crippen LogP contribution in [-0.2, 0) is 31.4 Å². The van der Waals surface area contributed by atoms with Gasteiger partial charge in [-0.15, -0.1) is 0 Å². The number of aromatic nitrogens is 1. The Balaban J connectivity index is 0.000000386. The van der Waals surface area contributed by atoms with Crippen LogP contribution in [0, 0.1) is 17.8 Å². The summed E-state index contributed by atoms with van der Waals surface area (Å²) in [6.45, 7) is 10.1. The SMILES string of the molecule is C1CCN2CCNC[C@H]2C1.CO[C@@]1(C=O)/C=C/C[C@H](C)[C@@H](C)S(=O)(=O)NC(=O)c2ccc3c(n2)N(C[C@@H]2CC[C@H]21)C[C@@]1(CCCc2cc(Cl)ccc21)CO3. The monoisotopic (exact) mass is 781 g/mol. The molecule has 5 heterocycles. The highest BCUT2D eigenvalue weighted by atomic mass is 35.5. The highest BCUT2D eigenvalue weighted by molar-refractivity contribution is 7.90. The maximum absolute atomic E-state index is 13.3. The number of nitrogens with one attached hydrogen (secondary N) is 2. The molecule has 11 nitrogen and oxygen atoms in total. The Bertz CT molecular complexity index is 1820. The number of piperazine rings is 1. The second-order valence-corrected chi connectivity index (χ2v) is 18.9. The van der Waals surface area contributed by atoms with Gasteiger partial charge in [0.2, 0.25) is 10.0 Å². The standard InChI is InChI=1S/C33H40ClN3O6S.C8H16N2/c1-21-6-4-15-33(19-38,42-3)27-10-8-24(27)17-37-18-32(14-5-7-23-16-25(34)9-11-26(23)32)20-43-29-13-12-28(35-30(29)37)31(39)36-44(40,41)22(21)2;1-2-5-10-6-4-9-7-8(10)3-1/h4,9,11-13,15-16,19,21-22,24,27H,5-8,10,14,17-18,20H2,1-3H3,(H,36,39);8-9H,1-7H2/b15-4+;/t21-,22+,24-,27+,32-,33+;8-/m01/s1. The largest absolute Gasteiger partial charge is 0.489 e. The van der Waals surface area contributed by atoms with E-state index in [1.807, 2.05) is 25.1 Å². The smallest absolute Gasteiger partial charge is 0.283 e. The number of pyridine rings is 1. The second-order valence-electron chi connectivity index (χ2n) is 16.4. The van der Waals surface area contributed by atoms with E-state index in [1.54, 1.807) is 26.2 Å². The third kappa shape index (κ3) is 7.83. The van der Waals surface area contributed by atoms with E-state index in [1.165, 1.54) is 62.6 Å². The van der Waals surface area contributed by atoms with Gasteiger partial charge >= 0.3 is 0 Å². The highest BCUT2D eigenvalue weighted by Crippen LogP contribution is 2.48. The molecule has 1 aromatic carbocycles. The minimum Gasteiger partial charge on any atom is -0.489 e. The molecule has 2 aromatic rings. The molecule has 6 aliphatic rings. The van der Waals surface area contributed by atoms with Crippen molar-refractivity contribution in [1.82, 2.24) is 19.9 Å². The van der Waals surface area contributed by atoms with Crippen LogP contribution < -0.4 is 19.7 Å². The van der Waals surface area contributed by atoms with Crippen LogP contribution in [0.5, 0.6) is 5.75 Å². The van der Waals surface area contributed by atoms with Gasteiger partial charge in [0.1, 0.15) is 11.3 Å². The van der Waals surface area contributed by atoms with E-state index in [-0.39, 0.29) is 28.9 Å². The number of methoxy groups -OCH3 is 1. The number of carbonyl (C=O) groups is 2. The topological polar surface area (TPSA) is 130 Å². The van der Waals surface area contributed by atoms with Crippen LogP contribution >= 0.6 is 11.6 Å². The number of amides is 1. The van der Waals surface area contributed by atoms with Crippen LogP contribution in [0.4, 0.5) is 5.82 Å². The lowest BCUT2D eigenvalue weighted by Gasteiger charge is -2.48. The molecular weight excluding hydrogens is 726 g/mol. The summed E-state index contributed by atoms with van der Waals surface area (Å²) in [5.41, 5.74) is 0.943. The number of benzene rings is 1. The first kappa shape index (κ1) is 39.2. The summed E-state index contributed by atoms with van der Waals surface area (Å²) in [6, 6.07) is 10.2. The van der Waals surface area contributed by atoms with Crippen LogP contribution in [0.1, 0.15) is 86.8 Å². The molecule has 4 aliphatic heterocycles. The van der Waals surface area contributed by atoms with E-state index < -0.39 is 26.8 Å². The molecule has 7 atom stereocenters. The Labute approximate surface area is 325 Å². The lowest BCUT2D eigenvalue weighted by molar-refractivity contribution is -0.135. The van der Waals surface area contributed by atoms with Crippen molar-refractivity contribution in [3.05, 3.63) is 64.3 Å². The summed E-state index contributed by atoms with van der Waals surface area (Å²) < 4.78 is 41.1. The summed E-state index contributed by atoms with van der Waals surface area (Å²) in [6.07, 6.45) is 13.8. The zero-order valence-corrected chi connectivity index (χ0v) is 33.5. The maximum Gasteiger partial charge on any atom is 0.283 e. The molecule has 0 unspecified atom stereocenters. The molecule has 1 spiro atoms. The van der Waals surface area contributed by atoms with Crippen molar-refractivity contribution in [2.24, 2.45) is 17.8 Å². The number of aryl methyl sites for hydroxylation is 1. The first-order valence-electron chi connectivity index (χ1n) is 19.8. The minimum atomic E-state index is -4.01. The van der Waals surface area contributed by atoms with Gasteiger partial charge in [0.25, 0.3) is 5.91 Å². The van der Waals surface area contributed by atoms with Crippen molar-refractivity contribution in [2.75, 3.05) is 57.9 Å². The fourth-order valence-electron chi connectivity index (χ4n) is 9.60. The molecule has 294 valence electrons. The molecule has 13 heteroatoms. The summed E-state index contributed by atoms with van der Waals surface area (Å²) >= 11 is 6.39. The Kier molecular flexibility index (Phi) is 11.8. The van der Waals surface area contributed by atoms with Crippen molar-refractivity contribution in [3.8, 4) is 5.75 Å². The Morgan fingerprint density at radius 3 is 2.70 bits per heavy atom. The normalized spacial score (nSPS) is 34.2. The number of carbonyl (C=O) groups excluding carboxylic acids is 2. The van der Waals surface area contributed by atoms with Gasteiger partial charge in [0.05, 0.1) is 11.9 Å². The van der Waals surface area contributed by atoms with Gasteiger partial charge < -0.3 is 19.7 Å². The number of sulfonamides is 1. The number of hydrogen-bond donors (Lipinski definition) is 2. The van der Waals surface area contributed by atoms with E-state index in [0.29, 0.717) is 42.7 Å². The number of piperidine rings is 1. The minimum absolute atomic E-state index is 0.00355. The van der Waals surface area contributed by atoms with Crippen LogP contribution in [0.15, 0.2) is 42.5 Å². The number of rotatable bonds is 2. The molecule has 2 N–H and O–H groups in total. The number of ether oxygens (including phenoxy) is 2. The average Bonchev–Trinajstić information content (AvgIpc) is 3.32. The predicted octanol–water partition coefficient (Wildman–Crippen LogP) is 5.31. The summed E-state index contributed by atoms with van der Waals surface area (Å²) in [5, 5.41) is 3.28. The molecule has 2 bridgehead atoms. The Morgan fingerprint density at radius 1 is 1.09 bits per heavy atom. The number of allylic oxidation sites excluding steroid dienone is 1. The summed E-state index contributed by atoms with van der Waals surface area (Å²) in [7, 11) is -2.46. The first-order valence-corrected chi connectivity index (χ1v) is 21.8. The van der Waals surface area contributed by atoms with Crippen molar-refractivity contribution in [1.29, 1.82) is 0 Å². The zero-order valence-electron chi connectivity index (χ0n) is 31.9. The van der Waals surface area contributed by atoms with Crippen LogP contribution in [-0.4, -0.2) is 100 Å². The Morgan fingerprint density at radius 2 is 1.94 bits per heavy atom. The molecular formula is C41H56ClN5O6S. The molecule has 54 heavy (non-hydrogen) atoms. The van der Waals surface area contributed by atoms with Crippen molar-refractivity contribution < 1.29 is 27.5 Å². The maximum atomic E-state index is 13.3. The highest BCUT2D eigenvalue weighted by Gasteiger charge is 2.49. The molecule has 0 radical (unpaired) electrons. The van der Waals surface area contributed by atoms with Crippen LogP contribution in [0.25, 0.3) is 0 Å². The molecule has 1 saturated carbocycles. The lowest BCUT2D eigenvalue weighted by atomic mass is 9.64. The van der Waals surface area contributed by atoms with Gasteiger partial charge in [0.15, 0.2) is 17.9 Å². The predicted molar refractivity (Wildman–Crippen MR) is 211 cm³/mol. The van der Waals surface area contributed by atoms with E-state index in [0.717, 1.165) is 44.4 Å². The van der Waals surface area contributed by atoms with Gasteiger partial charge in [-0.05, 0) is 118 Å². The molecule has 8 rings (SSSR count). The van der Waals surface area contributed by atoms with E-state index in [2.05, 4.69) is 25.9 Å². The quantitative estimate of drug-likeness (QED) is 0.306. The van der Waals surface area contributed by atoms with Crippen molar-refractivity contribution in [2.45, 2.75) is 93.9 Å². The number of fused-ring (bicyclic) bond motifs is 5. The third-order valence-electron chi connectivity index (χ3n) is 13.2. The van der Waals surface area contributed by atoms with E-state index in [9.17, 15) is 18.0 Å². The van der Waals surface area contributed by atoms with Gasteiger partial charge in [-0.2, -0.15) is 0 Å². The van der Waals surface area contributed by atoms with Crippen molar-refractivity contribution in [3.63, 3.8) is 0 Å².